The number of carbonyl (C=O) groups excluding carboxylic acids is 1. The zero-order chi connectivity index (χ0) is 10.7. The first kappa shape index (κ1) is 10.4. The molecule has 1 fully saturated rings. The number of nitrogens with one attached hydrogen (secondary N) is 1. The van der Waals surface area contributed by atoms with Gasteiger partial charge in [0.2, 0.25) is 0 Å². The number of halogens is 1. The molecule has 1 aromatic rings. The Morgan fingerprint density at radius 3 is 2.87 bits per heavy atom. The van der Waals surface area contributed by atoms with E-state index in [0.717, 1.165) is 38.2 Å². The number of hydrogen-bond donors (Lipinski definition) is 1. The quantitative estimate of drug-likeness (QED) is 0.602. The SMILES string of the molecule is O=Cc1cnc(Cl)cc1N1CCNCC1. The van der Waals surface area contributed by atoms with Crippen molar-refractivity contribution in [1.29, 1.82) is 0 Å². The Kier molecular flexibility index (Phi) is 3.18. The van der Waals surface area contributed by atoms with Crippen LogP contribution in [0.4, 0.5) is 5.69 Å². The Morgan fingerprint density at radius 1 is 1.47 bits per heavy atom. The molecular formula is C10H12ClN3O. The van der Waals surface area contributed by atoms with Gasteiger partial charge in [0.25, 0.3) is 0 Å². The van der Waals surface area contributed by atoms with Crippen molar-refractivity contribution in [3.8, 4) is 0 Å². The molecule has 0 unspecified atom stereocenters. The molecule has 1 N–H and O–H groups in total. The maximum atomic E-state index is 10.9. The molecule has 1 saturated heterocycles. The van der Waals surface area contributed by atoms with Crippen LogP contribution >= 0.6 is 11.6 Å². The van der Waals surface area contributed by atoms with E-state index < -0.39 is 0 Å². The molecule has 1 aromatic heterocycles. The van der Waals surface area contributed by atoms with Crippen LogP contribution in [0.5, 0.6) is 0 Å². The van der Waals surface area contributed by atoms with Crippen molar-refractivity contribution < 1.29 is 4.79 Å². The summed E-state index contributed by atoms with van der Waals surface area (Å²) in [6, 6.07) is 1.75. The van der Waals surface area contributed by atoms with Gasteiger partial charge in [0.15, 0.2) is 6.29 Å². The second kappa shape index (κ2) is 4.59. The van der Waals surface area contributed by atoms with Crippen LogP contribution in [0, 0.1) is 0 Å². The Bertz CT molecular complexity index is 364. The average molecular weight is 226 g/mol. The molecule has 5 heteroatoms. The fourth-order valence-electron chi connectivity index (χ4n) is 1.70. The average Bonchev–Trinajstić information content (AvgIpc) is 2.30. The number of aromatic nitrogens is 1. The first-order valence-corrected chi connectivity index (χ1v) is 5.25. The molecular weight excluding hydrogens is 214 g/mol. The molecule has 0 amide bonds. The van der Waals surface area contributed by atoms with Crippen molar-refractivity contribution in [2.24, 2.45) is 0 Å². The van der Waals surface area contributed by atoms with Crippen LogP contribution in [-0.2, 0) is 0 Å². The van der Waals surface area contributed by atoms with Gasteiger partial charge in [-0.15, -0.1) is 0 Å². The second-order valence-corrected chi connectivity index (χ2v) is 3.81. The van der Waals surface area contributed by atoms with Crippen LogP contribution < -0.4 is 10.2 Å². The highest BCUT2D eigenvalue weighted by Crippen LogP contribution is 2.21. The van der Waals surface area contributed by atoms with Crippen molar-refractivity contribution in [3.63, 3.8) is 0 Å². The fraction of sp³-hybridized carbons (Fsp3) is 0.400. The second-order valence-electron chi connectivity index (χ2n) is 3.42. The van der Waals surface area contributed by atoms with Crippen LogP contribution in [0.25, 0.3) is 0 Å². The van der Waals surface area contributed by atoms with Gasteiger partial charge in [-0.25, -0.2) is 4.98 Å². The van der Waals surface area contributed by atoms with Crippen molar-refractivity contribution in [2.45, 2.75) is 0 Å². The van der Waals surface area contributed by atoms with E-state index in [9.17, 15) is 4.79 Å². The van der Waals surface area contributed by atoms with Crippen molar-refractivity contribution in [2.75, 3.05) is 31.1 Å². The molecule has 0 saturated carbocycles. The largest absolute Gasteiger partial charge is 0.368 e. The van der Waals surface area contributed by atoms with E-state index in [4.69, 9.17) is 11.6 Å². The highest BCUT2D eigenvalue weighted by atomic mass is 35.5. The van der Waals surface area contributed by atoms with E-state index in [1.807, 2.05) is 0 Å². The molecule has 1 aliphatic heterocycles. The third kappa shape index (κ3) is 2.27. The van der Waals surface area contributed by atoms with Crippen molar-refractivity contribution in [3.05, 3.63) is 23.0 Å². The van der Waals surface area contributed by atoms with E-state index in [-0.39, 0.29) is 0 Å². The van der Waals surface area contributed by atoms with E-state index in [1.165, 1.54) is 6.20 Å². The minimum Gasteiger partial charge on any atom is -0.368 e. The van der Waals surface area contributed by atoms with Gasteiger partial charge in [-0.2, -0.15) is 0 Å². The number of piperazine rings is 1. The summed E-state index contributed by atoms with van der Waals surface area (Å²) in [5.74, 6) is 0. The minimum atomic E-state index is 0.425. The van der Waals surface area contributed by atoms with Crippen LogP contribution in [0.1, 0.15) is 10.4 Å². The van der Waals surface area contributed by atoms with E-state index >= 15 is 0 Å². The summed E-state index contributed by atoms with van der Waals surface area (Å²) in [6.45, 7) is 3.64. The summed E-state index contributed by atoms with van der Waals surface area (Å²) in [5, 5.41) is 3.68. The van der Waals surface area contributed by atoms with Gasteiger partial charge in [-0.1, -0.05) is 11.6 Å². The Hall–Kier alpha value is -1.13. The summed E-state index contributed by atoms with van der Waals surface area (Å²) in [5.41, 5.74) is 1.48. The monoisotopic (exact) mass is 225 g/mol. The molecule has 0 bridgehead atoms. The zero-order valence-electron chi connectivity index (χ0n) is 8.24. The molecule has 0 spiro atoms. The minimum absolute atomic E-state index is 0.425. The number of anilines is 1. The maximum absolute atomic E-state index is 10.9. The van der Waals surface area contributed by atoms with Gasteiger partial charge in [-0.05, 0) is 6.07 Å². The van der Waals surface area contributed by atoms with Gasteiger partial charge in [0.1, 0.15) is 5.15 Å². The summed E-state index contributed by atoms with van der Waals surface area (Å²) < 4.78 is 0. The Morgan fingerprint density at radius 2 is 2.20 bits per heavy atom. The van der Waals surface area contributed by atoms with Crippen molar-refractivity contribution >= 4 is 23.6 Å². The third-order valence-electron chi connectivity index (χ3n) is 2.46. The van der Waals surface area contributed by atoms with E-state index in [2.05, 4.69) is 15.2 Å². The number of pyridine rings is 1. The van der Waals surface area contributed by atoms with Crippen LogP contribution in [0.2, 0.25) is 5.15 Å². The number of aldehydes is 1. The maximum Gasteiger partial charge on any atom is 0.153 e. The van der Waals surface area contributed by atoms with Gasteiger partial charge >= 0.3 is 0 Å². The topological polar surface area (TPSA) is 45.2 Å². The summed E-state index contributed by atoms with van der Waals surface area (Å²) in [4.78, 5) is 16.9. The summed E-state index contributed by atoms with van der Waals surface area (Å²) >= 11 is 5.82. The van der Waals surface area contributed by atoms with Crippen LogP contribution in [0.15, 0.2) is 12.3 Å². The Balaban J connectivity index is 2.31. The highest BCUT2D eigenvalue weighted by molar-refractivity contribution is 6.29. The molecule has 0 aromatic carbocycles. The molecule has 1 aliphatic rings. The standard InChI is InChI=1S/C10H12ClN3O/c11-10-5-9(8(7-15)6-13-10)14-3-1-12-2-4-14/h5-7,12H,1-4H2. The molecule has 0 atom stereocenters. The lowest BCUT2D eigenvalue weighted by molar-refractivity contribution is 0.112. The lowest BCUT2D eigenvalue weighted by Gasteiger charge is -2.30. The molecule has 2 heterocycles. The van der Waals surface area contributed by atoms with Crippen LogP contribution in [-0.4, -0.2) is 37.4 Å². The van der Waals surface area contributed by atoms with E-state index in [0.29, 0.717) is 10.7 Å². The highest BCUT2D eigenvalue weighted by Gasteiger charge is 2.14. The predicted octanol–water partition coefficient (Wildman–Crippen LogP) is 0.957. The lowest BCUT2D eigenvalue weighted by Crippen LogP contribution is -2.43. The van der Waals surface area contributed by atoms with Crippen molar-refractivity contribution in [1.82, 2.24) is 10.3 Å². The molecule has 0 radical (unpaired) electrons. The predicted molar refractivity (Wildman–Crippen MR) is 59.7 cm³/mol. The normalized spacial score (nSPS) is 16.5. The smallest absolute Gasteiger partial charge is 0.153 e. The fourth-order valence-corrected chi connectivity index (χ4v) is 1.85. The van der Waals surface area contributed by atoms with Gasteiger partial charge in [-0.3, -0.25) is 4.79 Å². The first-order chi connectivity index (χ1) is 7.31. The zero-order valence-corrected chi connectivity index (χ0v) is 9.00. The lowest BCUT2D eigenvalue weighted by atomic mass is 10.2. The molecule has 4 nitrogen and oxygen atoms in total. The molecule has 0 aliphatic carbocycles. The van der Waals surface area contributed by atoms with Gasteiger partial charge < -0.3 is 10.2 Å². The molecule has 2 rings (SSSR count). The Labute approximate surface area is 93.2 Å². The van der Waals surface area contributed by atoms with Crippen LogP contribution in [0.3, 0.4) is 0 Å². The number of rotatable bonds is 2. The first-order valence-electron chi connectivity index (χ1n) is 4.87. The molecule has 15 heavy (non-hydrogen) atoms. The van der Waals surface area contributed by atoms with E-state index in [1.54, 1.807) is 6.07 Å². The van der Waals surface area contributed by atoms with Gasteiger partial charge in [0, 0.05) is 32.4 Å². The summed E-state index contributed by atoms with van der Waals surface area (Å²) in [6.07, 6.45) is 2.34. The molecule has 80 valence electrons. The van der Waals surface area contributed by atoms with Gasteiger partial charge in [0.05, 0.1) is 11.3 Å². The number of carbonyl (C=O) groups is 1. The third-order valence-corrected chi connectivity index (χ3v) is 2.67. The summed E-state index contributed by atoms with van der Waals surface area (Å²) in [7, 11) is 0. The number of nitrogens with zero attached hydrogens (tertiary/aromatic N) is 2. The number of hydrogen-bond acceptors (Lipinski definition) is 4.